The highest BCUT2D eigenvalue weighted by atomic mass is 19.4. The summed E-state index contributed by atoms with van der Waals surface area (Å²) in [6, 6.07) is 8.59. The molecule has 0 aliphatic carbocycles. The molecule has 0 saturated heterocycles. The standard InChI is InChI=1S/C15H21F3N2O/c1-3-14(19,4-2)13(21)20(11-15(16,17)18)10-12-8-6-5-7-9-12/h5-9H,3-4,10-11,19H2,1-2H3. The summed E-state index contributed by atoms with van der Waals surface area (Å²) in [6.45, 7) is 2.02. The van der Waals surface area contributed by atoms with Gasteiger partial charge >= 0.3 is 6.18 Å². The highest BCUT2D eigenvalue weighted by Crippen LogP contribution is 2.23. The molecule has 118 valence electrons. The zero-order valence-electron chi connectivity index (χ0n) is 12.3. The second-order valence-electron chi connectivity index (χ2n) is 5.13. The Bertz CT molecular complexity index is 456. The van der Waals surface area contributed by atoms with E-state index in [9.17, 15) is 18.0 Å². The van der Waals surface area contributed by atoms with Crippen molar-refractivity contribution in [3.8, 4) is 0 Å². The van der Waals surface area contributed by atoms with Gasteiger partial charge in [0.2, 0.25) is 5.91 Å². The van der Waals surface area contributed by atoms with Crippen molar-refractivity contribution >= 4 is 5.91 Å². The van der Waals surface area contributed by atoms with Crippen LogP contribution in [0.2, 0.25) is 0 Å². The Balaban J connectivity index is 2.99. The number of amides is 1. The summed E-state index contributed by atoms with van der Waals surface area (Å²) < 4.78 is 38.2. The third kappa shape index (κ3) is 5.04. The van der Waals surface area contributed by atoms with Gasteiger partial charge in [0.15, 0.2) is 0 Å². The topological polar surface area (TPSA) is 46.3 Å². The third-order valence-corrected chi connectivity index (χ3v) is 3.56. The molecule has 3 nitrogen and oxygen atoms in total. The predicted octanol–water partition coefficient (Wildman–Crippen LogP) is 3.10. The smallest absolute Gasteiger partial charge is 0.328 e. The lowest BCUT2D eigenvalue weighted by atomic mass is 9.92. The Hall–Kier alpha value is -1.56. The summed E-state index contributed by atoms with van der Waals surface area (Å²) in [5.41, 5.74) is 5.35. The first-order chi connectivity index (χ1) is 9.72. The number of alkyl halides is 3. The summed E-state index contributed by atoms with van der Waals surface area (Å²) in [7, 11) is 0. The minimum absolute atomic E-state index is 0.0991. The summed E-state index contributed by atoms with van der Waals surface area (Å²) in [5, 5.41) is 0. The number of benzene rings is 1. The van der Waals surface area contributed by atoms with E-state index >= 15 is 0 Å². The van der Waals surface area contributed by atoms with Crippen LogP contribution in [-0.4, -0.2) is 29.1 Å². The van der Waals surface area contributed by atoms with Crippen LogP contribution in [0.15, 0.2) is 30.3 Å². The van der Waals surface area contributed by atoms with Gasteiger partial charge in [0.25, 0.3) is 0 Å². The zero-order chi connectivity index (χ0) is 16.1. The van der Waals surface area contributed by atoms with Crippen molar-refractivity contribution in [1.29, 1.82) is 0 Å². The molecule has 2 N–H and O–H groups in total. The van der Waals surface area contributed by atoms with Crippen LogP contribution in [0.5, 0.6) is 0 Å². The van der Waals surface area contributed by atoms with Crippen LogP contribution in [-0.2, 0) is 11.3 Å². The third-order valence-electron chi connectivity index (χ3n) is 3.56. The first kappa shape index (κ1) is 17.5. The van der Waals surface area contributed by atoms with Crippen LogP contribution in [0.1, 0.15) is 32.3 Å². The van der Waals surface area contributed by atoms with Crippen LogP contribution in [0.3, 0.4) is 0 Å². The maximum absolute atomic E-state index is 12.7. The molecular weight excluding hydrogens is 281 g/mol. The molecule has 0 aliphatic rings. The van der Waals surface area contributed by atoms with Gasteiger partial charge in [-0.1, -0.05) is 44.2 Å². The predicted molar refractivity (Wildman–Crippen MR) is 75.4 cm³/mol. The Kier molecular flexibility index (Phi) is 5.78. The minimum Gasteiger partial charge on any atom is -0.328 e. The van der Waals surface area contributed by atoms with Crippen LogP contribution in [0.25, 0.3) is 0 Å². The van der Waals surface area contributed by atoms with Gasteiger partial charge in [-0.25, -0.2) is 0 Å². The molecule has 0 aliphatic heterocycles. The van der Waals surface area contributed by atoms with Crippen molar-refractivity contribution in [1.82, 2.24) is 4.90 Å². The quantitative estimate of drug-likeness (QED) is 0.877. The highest BCUT2D eigenvalue weighted by molar-refractivity contribution is 5.86. The lowest BCUT2D eigenvalue weighted by Crippen LogP contribution is -2.56. The van der Waals surface area contributed by atoms with Crippen molar-refractivity contribution in [2.75, 3.05) is 6.54 Å². The molecule has 0 bridgehead atoms. The van der Waals surface area contributed by atoms with Crippen molar-refractivity contribution in [3.05, 3.63) is 35.9 Å². The molecule has 1 aromatic carbocycles. The number of nitrogens with zero attached hydrogens (tertiary/aromatic N) is 1. The maximum atomic E-state index is 12.7. The van der Waals surface area contributed by atoms with E-state index in [2.05, 4.69) is 0 Å². The molecule has 21 heavy (non-hydrogen) atoms. The number of carbonyl (C=O) groups is 1. The Labute approximate surface area is 122 Å². The molecular formula is C15H21F3N2O. The molecule has 0 aromatic heterocycles. The van der Waals surface area contributed by atoms with E-state index < -0.39 is 24.2 Å². The van der Waals surface area contributed by atoms with Gasteiger partial charge in [0.05, 0.1) is 5.54 Å². The van der Waals surface area contributed by atoms with E-state index in [0.29, 0.717) is 18.4 Å². The van der Waals surface area contributed by atoms with Crippen molar-refractivity contribution in [2.24, 2.45) is 5.73 Å². The minimum atomic E-state index is -4.45. The van der Waals surface area contributed by atoms with Gasteiger partial charge in [-0.3, -0.25) is 4.79 Å². The lowest BCUT2D eigenvalue weighted by Gasteiger charge is -2.33. The first-order valence-electron chi connectivity index (χ1n) is 6.90. The number of halogens is 3. The molecule has 1 rings (SSSR count). The van der Waals surface area contributed by atoms with E-state index in [1.165, 1.54) is 0 Å². The summed E-state index contributed by atoms with van der Waals surface area (Å²) >= 11 is 0. The summed E-state index contributed by atoms with van der Waals surface area (Å²) in [5.74, 6) is -0.659. The average molecular weight is 302 g/mol. The number of carbonyl (C=O) groups excluding carboxylic acids is 1. The van der Waals surface area contributed by atoms with E-state index in [-0.39, 0.29) is 6.54 Å². The molecule has 1 amide bonds. The van der Waals surface area contributed by atoms with Crippen molar-refractivity contribution in [2.45, 2.75) is 44.9 Å². The SMILES string of the molecule is CCC(N)(CC)C(=O)N(Cc1ccccc1)CC(F)(F)F. The van der Waals surface area contributed by atoms with Crippen LogP contribution >= 0.6 is 0 Å². The molecule has 6 heteroatoms. The fraction of sp³-hybridized carbons (Fsp3) is 0.533. The largest absolute Gasteiger partial charge is 0.406 e. The highest BCUT2D eigenvalue weighted by Gasteiger charge is 2.39. The second kappa shape index (κ2) is 6.93. The van der Waals surface area contributed by atoms with Crippen LogP contribution < -0.4 is 5.73 Å². The van der Waals surface area contributed by atoms with Gasteiger partial charge < -0.3 is 10.6 Å². The van der Waals surface area contributed by atoms with Crippen molar-refractivity contribution in [3.63, 3.8) is 0 Å². The normalized spacial score (nSPS) is 12.3. The summed E-state index contributed by atoms with van der Waals surface area (Å²) in [6.07, 6.45) is -3.86. The van der Waals surface area contributed by atoms with E-state index in [0.717, 1.165) is 4.90 Å². The van der Waals surface area contributed by atoms with E-state index in [1.807, 2.05) is 0 Å². The zero-order valence-corrected chi connectivity index (χ0v) is 12.3. The van der Waals surface area contributed by atoms with Gasteiger partial charge in [-0.05, 0) is 18.4 Å². The Morgan fingerprint density at radius 1 is 1.14 bits per heavy atom. The van der Waals surface area contributed by atoms with Crippen LogP contribution in [0, 0.1) is 0 Å². The number of rotatable bonds is 6. The number of hydrogen-bond acceptors (Lipinski definition) is 2. The second-order valence-corrected chi connectivity index (χ2v) is 5.13. The van der Waals surface area contributed by atoms with E-state index in [4.69, 9.17) is 5.73 Å². The molecule has 0 fully saturated rings. The average Bonchev–Trinajstić information content (AvgIpc) is 2.44. The molecule has 0 saturated carbocycles. The molecule has 0 atom stereocenters. The number of nitrogens with two attached hydrogens (primary N) is 1. The molecule has 0 spiro atoms. The van der Waals surface area contributed by atoms with Gasteiger partial charge in [0.1, 0.15) is 6.54 Å². The fourth-order valence-corrected chi connectivity index (χ4v) is 2.09. The number of hydrogen-bond donors (Lipinski definition) is 1. The van der Waals surface area contributed by atoms with Gasteiger partial charge in [0, 0.05) is 6.54 Å². The van der Waals surface area contributed by atoms with Gasteiger partial charge in [-0.15, -0.1) is 0 Å². The molecule has 1 aromatic rings. The Morgan fingerprint density at radius 2 is 1.67 bits per heavy atom. The Morgan fingerprint density at radius 3 is 2.10 bits per heavy atom. The van der Waals surface area contributed by atoms with Gasteiger partial charge in [-0.2, -0.15) is 13.2 Å². The van der Waals surface area contributed by atoms with E-state index in [1.54, 1.807) is 44.2 Å². The fourth-order valence-electron chi connectivity index (χ4n) is 2.09. The van der Waals surface area contributed by atoms with Crippen molar-refractivity contribution < 1.29 is 18.0 Å². The molecule has 0 heterocycles. The maximum Gasteiger partial charge on any atom is 0.406 e. The monoisotopic (exact) mass is 302 g/mol. The molecule has 0 radical (unpaired) electrons. The summed E-state index contributed by atoms with van der Waals surface area (Å²) in [4.78, 5) is 13.2. The lowest BCUT2D eigenvalue weighted by molar-refractivity contribution is -0.166. The molecule has 0 unspecified atom stereocenters. The van der Waals surface area contributed by atoms with Crippen LogP contribution in [0.4, 0.5) is 13.2 Å². The first-order valence-corrected chi connectivity index (χ1v) is 6.90.